The zero-order valence-electron chi connectivity index (χ0n) is 5.30. The summed E-state index contributed by atoms with van der Waals surface area (Å²) in [5.41, 5.74) is 3.77. The largest absolute Gasteiger partial charge is 1.00 e. The van der Waals surface area contributed by atoms with Gasteiger partial charge in [0.2, 0.25) is 0 Å². The zero-order chi connectivity index (χ0) is 7.71. The molecule has 64 valence electrons. The summed E-state index contributed by atoms with van der Waals surface area (Å²) in [4.78, 5) is 0. The van der Waals surface area contributed by atoms with Crippen LogP contribution in [0.5, 0.6) is 0 Å². The molecule has 0 aliphatic rings. The Hall–Kier alpha value is 2.36. The molecule has 0 aromatic rings. The van der Waals surface area contributed by atoms with Crippen LogP contribution in [0.15, 0.2) is 0 Å². The highest BCUT2D eigenvalue weighted by molar-refractivity contribution is 9.30. The van der Waals surface area contributed by atoms with Crippen LogP contribution in [0.1, 0.15) is 6.92 Å². The summed E-state index contributed by atoms with van der Waals surface area (Å²) in [5, 5.41) is 0. The van der Waals surface area contributed by atoms with Crippen molar-refractivity contribution >= 4 is 63.7 Å². The van der Waals surface area contributed by atoms with Gasteiger partial charge in [-0.1, -0.05) is 63.7 Å². The Labute approximate surface area is 105 Å². The Morgan fingerprint density at radius 3 is 1.50 bits per heavy atom. The van der Waals surface area contributed by atoms with Gasteiger partial charge in [-0.15, -0.1) is 0 Å². The number of halogens is 5. The highest BCUT2D eigenvalue weighted by Crippen LogP contribution is 2.46. The summed E-state index contributed by atoms with van der Waals surface area (Å²) in [5.74, 6) is 0. The second kappa shape index (κ2) is 5.17. The Morgan fingerprint density at radius 1 is 1.20 bits per heavy atom. The number of hydrogen-bond donors (Lipinski definition) is 1. The fourth-order valence-corrected chi connectivity index (χ4v) is 0.616. The van der Waals surface area contributed by atoms with Gasteiger partial charge in [-0.25, -0.2) is 0 Å². The molecule has 3 N–H and O–H groups in total. The van der Waals surface area contributed by atoms with E-state index >= 15 is 0 Å². The van der Waals surface area contributed by atoms with E-state index in [2.05, 4.69) is 69.5 Å². The van der Waals surface area contributed by atoms with E-state index in [1.807, 2.05) is 6.92 Å². The molecule has 0 rings (SSSR count). The number of rotatable bonds is 2. The average molecular weight is 470 g/mol. The van der Waals surface area contributed by atoms with Crippen LogP contribution >= 0.6 is 63.7 Å². The average Bonchev–Trinajstić information content (AvgIpc) is 1.64. The highest BCUT2D eigenvalue weighted by atomic mass is 79.9. The van der Waals surface area contributed by atoms with Gasteiger partial charge < -0.3 is 22.7 Å². The molecule has 0 saturated carbocycles. The van der Waals surface area contributed by atoms with Gasteiger partial charge in [-0.2, -0.15) is 0 Å². The van der Waals surface area contributed by atoms with Crippen LogP contribution in [0.3, 0.4) is 0 Å². The summed E-state index contributed by atoms with van der Waals surface area (Å²) < 4.78 is -0.332. The van der Waals surface area contributed by atoms with Gasteiger partial charge in [0.15, 0.2) is 3.23 Å². The second-order valence-electron chi connectivity index (χ2n) is 1.84. The molecule has 0 unspecified atom stereocenters. The first-order valence-electron chi connectivity index (χ1n) is 2.36. The molecule has 0 aliphatic carbocycles. The Balaban J connectivity index is 0. The smallest absolute Gasteiger partial charge is 0.153 e. The maximum Gasteiger partial charge on any atom is 0.153 e. The summed E-state index contributed by atoms with van der Waals surface area (Å²) in [7, 11) is 0. The predicted octanol–water partition coefficient (Wildman–Crippen LogP) is -0.776. The van der Waals surface area contributed by atoms with Crippen molar-refractivity contribution in [3.63, 3.8) is 0 Å². The molecule has 0 aromatic heterocycles. The van der Waals surface area contributed by atoms with Crippen LogP contribution in [0, 0.1) is 0 Å². The standard InChI is InChI=1S/C4H7Br4N.BrH/c1-3(5,6)4(7,8)2-9;/h2,9H2,1H3;1H. The van der Waals surface area contributed by atoms with E-state index in [1.165, 1.54) is 0 Å². The van der Waals surface area contributed by atoms with E-state index in [1.54, 1.807) is 0 Å². The lowest BCUT2D eigenvalue weighted by Crippen LogP contribution is -3.00. The minimum Gasteiger partial charge on any atom is -1.00 e. The van der Waals surface area contributed by atoms with Crippen LogP contribution in [-0.2, 0) is 0 Å². The van der Waals surface area contributed by atoms with Crippen LogP contribution in [0.2, 0.25) is 0 Å². The van der Waals surface area contributed by atoms with Crippen molar-refractivity contribution in [2.24, 2.45) is 0 Å². The van der Waals surface area contributed by atoms with E-state index in [9.17, 15) is 0 Å². The fourth-order valence-electron chi connectivity index (χ4n) is 0.219. The minimum atomic E-state index is -0.174. The Kier molecular flexibility index (Phi) is 7.68. The molecule has 0 spiro atoms. The topological polar surface area (TPSA) is 27.6 Å². The van der Waals surface area contributed by atoms with E-state index in [0.717, 1.165) is 6.54 Å². The van der Waals surface area contributed by atoms with Gasteiger partial charge in [-0.05, 0) is 6.92 Å². The first-order valence-corrected chi connectivity index (χ1v) is 5.53. The van der Waals surface area contributed by atoms with Gasteiger partial charge >= 0.3 is 0 Å². The van der Waals surface area contributed by atoms with Crippen molar-refractivity contribution in [2.75, 3.05) is 6.54 Å². The normalized spacial score (nSPS) is 12.6. The van der Waals surface area contributed by atoms with Crippen molar-refractivity contribution < 1.29 is 22.7 Å². The first kappa shape index (κ1) is 14.9. The third kappa shape index (κ3) is 4.40. The predicted molar refractivity (Wildman–Crippen MR) is 54.6 cm³/mol. The summed E-state index contributed by atoms with van der Waals surface area (Å²) in [6, 6.07) is 0. The molecule has 0 fully saturated rings. The van der Waals surface area contributed by atoms with Crippen molar-refractivity contribution in [1.82, 2.24) is 0 Å². The van der Waals surface area contributed by atoms with Gasteiger partial charge in [0.1, 0.15) is 9.78 Å². The lowest BCUT2D eigenvalue weighted by Gasteiger charge is -2.27. The van der Waals surface area contributed by atoms with E-state index < -0.39 is 0 Å². The summed E-state index contributed by atoms with van der Waals surface area (Å²) in [6.07, 6.45) is 0. The molecule has 0 bridgehead atoms. The molecular formula is C4H8Br5N. The molecule has 0 heterocycles. The minimum absolute atomic E-state index is 0. The van der Waals surface area contributed by atoms with Gasteiger partial charge in [0.05, 0.1) is 0 Å². The highest BCUT2D eigenvalue weighted by Gasteiger charge is 2.41. The van der Waals surface area contributed by atoms with Crippen LogP contribution in [0.25, 0.3) is 0 Å². The van der Waals surface area contributed by atoms with Crippen LogP contribution in [-0.4, -0.2) is 13.0 Å². The molecule has 0 aromatic carbocycles. The van der Waals surface area contributed by atoms with Crippen LogP contribution in [0.4, 0.5) is 0 Å². The van der Waals surface area contributed by atoms with Crippen LogP contribution < -0.4 is 22.7 Å². The maximum atomic E-state index is 3.77. The molecule has 0 atom stereocenters. The molecule has 1 nitrogen and oxygen atoms in total. The summed E-state index contributed by atoms with van der Waals surface area (Å²) in [6.45, 7) is 2.75. The van der Waals surface area contributed by atoms with Crippen molar-refractivity contribution in [3.8, 4) is 0 Å². The fraction of sp³-hybridized carbons (Fsp3) is 1.00. The molecular weight excluding hydrogens is 462 g/mol. The molecule has 0 amide bonds. The Bertz CT molecular complexity index is 96.3. The van der Waals surface area contributed by atoms with E-state index in [4.69, 9.17) is 0 Å². The molecule has 6 heteroatoms. The monoisotopic (exact) mass is 465 g/mol. The quantitative estimate of drug-likeness (QED) is 0.515. The first-order chi connectivity index (χ1) is 3.81. The van der Waals surface area contributed by atoms with Crippen molar-refractivity contribution in [1.29, 1.82) is 0 Å². The Morgan fingerprint density at radius 2 is 1.50 bits per heavy atom. The zero-order valence-corrected chi connectivity index (χ0v) is 13.2. The molecule has 0 saturated heterocycles. The van der Waals surface area contributed by atoms with Crippen molar-refractivity contribution in [2.45, 2.75) is 13.4 Å². The van der Waals surface area contributed by atoms with Gasteiger partial charge in [0, 0.05) is 0 Å². The second-order valence-corrected chi connectivity index (χ2v) is 9.85. The lowest BCUT2D eigenvalue weighted by molar-refractivity contribution is -0.368. The summed E-state index contributed by atoms with van der Waals surface area (Å²) >= 11 is 13.8. The lowest BCUT2D eigenvalue weighted by atomic mass is 10.3. The molecule has 0 aliphatic heterocycles. The number of quaternary nitrogens is 1. The van der Waals surface area contributed by atoms with Crippen molar-refractivity contribution in [3.05, 3.63) is 0 Å². The van der Waals surface area contributed by atoms with E-state index in [-0.39, 0.29) is 23.4 Å². The SMILES string of the molecule is CC(Br)(Br)C(Br)(Br)C[NH3+].[Br-]. The third-order valence-corrected chi connectivity index (χ3v) is 6.82. The van der Waals surface area contributed by atoms with E-state index in [0.29, 0.717) is 0 Å². The molecule has 10 heavy (non-hydrogen) atoms. The number of hydrogen-bond acceptors (Lipinski definition) is 0. The van der Waals surface area contributed by atoms with Gasteiger partial charge in [-0.3, -0.25) is 0 Å². The molecule has 0 radical (unpaired) electrons. The third-order valence-electron chi connectivity index (χ3n) is 0.956. The number of alkyl halides is 4. The van der Waals surface area contributed by atoms with Gasteiger partial charge in [0.25, 0.3) is 0 Å². The maximum absolute atomic E-state index is 3.77.